The lowest BCUT2D eigenvalue weighted by molar-refractivity contribution is -0.252. The Balaban J connectivity index is 1.83. The molecular weight excluding hydrogens is 375 g/mol. The van der Waals surface area contributed by atoms with Gasteiger partial charge in [0, 0.05) is 17.7 Å². The van der Waals surface area contributed by atoms with Crippen molar-refractivity contribution in [1.82, 2.24) is 0 Å². The van der Waals surface area contributed by atoms with Gasteiger partial charge < -0.3 is 15.2 Å². The fraction of sp³-hybridized carbons (Fsp3) is 0.300. The van der Waals surface area contributed by atoms with Crippen molar-refractivity contribution in [3.05, 3.63) is 65.2 Å². The van der Waals surface area contributed by atoms with E-state index < -0.39 is 36.0 Å². The van der Waals surface area contributed by atoms with Crippen molar-refractivity contribution >= 4 is 17.6 Å². The summed E-state index contributed by atoms with van der Waals surface area (Å²) in [6.45, 7) is 1.49. The van der Waals surface area contributed by atoms with Gasteiger partial charge in [-0.25, -0.2) is 4.79 Å². The first-order valence-corrected chi connectivity index (χ1v) is 8.57. The standard InChI is InChI=1S/C20H18F3NO4/c1-12(13-5-3-2-4-6-13)10-19(27,20(21,22)23)18(26)24-15-7-8-16-14(9-15)11-28-17(16)25/h2-9,12,27H,10-11H2,1H3,(H,24,26). The summed E-state index contributed by atoms with van der Waals surface area (Å²) in [5.41, 5.74) is -2.21. The van der Waals surface area contributed by atoms with Gasteiger partial charge in [0.15, 0.2) is 0 Å². The number of carbonyl (C=O) groups excluding carboxylic acids is 2. The molecule has 2 aromatic carbocycles. The van der Waals surface area contributed by atoms with Crippen LogP contribution in [-0.2, 0) is 16.1 Å². The molecule has 0 saturated carbocycles. The molecule has 148 valence electrons. The highest BCUT2D eigenvalue weighted by atomic mass is 19.4. The minimum Gasteiger partial charge on any atom is -0.457 e. The van der Waals surface area contributed by atoms with E-state index in [1.54, 1.807) is 30.3 Å². The van der Waals surface area contributed by atoms with Gasteiger partial charge >= 0.3 is 12.1 Å². The Morgan fingerprint density at radius 2 is 1.89 bits per heavy atom. The Morgan fingerprint density at radius 3 is 2.54 bits per heavy atom. The summed E-state index contributed by atoms with van der Waals surface area (Å²) < 4.78 is 45.7. The molecule has 0 radical (unpaired) electrons. The highest BCUT2D eigenvalue weighted by molar-refractivity contribution is 5.99. The van der Waals surface area contributed by atoms with Crippen molar-refractivity contribution in [3.63, 3.8) is 0 Å². The maximum Gasteiger partial charge on any atom is 0.426 e. The maximum absolute atomic E-state index is 13.6. The third kappa shape index (κ3) is 3.73. The number of ether oxygens (including phenoxy) is 1. The molecule has 1 heterocycles. The number of aliphatic hydroxyl groups is 1. The van der Waals surface area contributed by atoms with E-state index in [2.05, 4.69) is 5.32 Å². The van der Waals surface area contributed by atoms with Crippen LogP contribution >= 0.6 is 0 Å². The van der Waals surface area contributed by atoms with E-state index in [1.165, 1.54) is 25.1 Å². The van der Waals surface area contributed by atoms with Crippen LogP contribution in [0.1, 0.15) is 40.7 Å². The van der Waals surface area contributed by atoms with Crippen LogP contribution in [0, 0.1) is 0 Å². The van der Waals surface area contributed by atoms with Crippen molar-refractivity contribution in [3.8, 4) is 0 Å². The molecule has 5 nitrogen and oxygen atoms in total. The predicted molar refractivity (Wildman–Crippen MR) is 94.7 cm³/mol. The molecule has 0 aliphatic carbocycles. The molecule has 0 aromatic heterocycles. The molecule has 2 aromatic rings. The zero-order valence-electron chi connectivity index (χ0n) is 14.9. The molecule has 1 aliphatic heterocycles. The zero-order valence-corrected chi connectivity index (χ0v) is 14.9. The second-order valence-corrected chi connectivity index (χ2v) is 6.78. The summed E-state index contributed by atoms with van der Waals surface area (Å²) in [6.07, 6.45) is -6.01. The van der Waals surface area contributed by atoms with Crippen LogP contribution in [0.15, 0.2) is 48.5 Å². The minimum atomic E-state index is -5.17. The monoisotopic (exact) mass is 393 g/mol. The molecule has 2 N–H and O–H groups in total. The van der Waals surface area contributed by atoms with Crippen LogP contribution in [0.5, 0.6) is 0 Å². The molecular formula is C20H18F3NO4. The lowest BCUT2D eigenvalue weighted by atomic mass is 9.85. The smallest absolute Gasteiger partial charge is 0.426 e. The summed E-state index contributed by atoms with van der Waals surface area (Å²) in [5, 5.41) is 12.4. The van der Waals surface area contributed by atoms with Gasteiger partial charge in [-0.05, 0) is 29.7 Å². The van der Waals surface area contributed by atoms with E-state index in [1.807, 2.05) is 0 Å². The van der Waals surface area contributed by atoms with Crippen LogP contribution in [0.3, 0.4) is 0 Å². The minimum absolute atomic E-state index is 0.0214. The van der Waals surface area contributed by atoms with E-state index in [0.717, 1.165) is 0 Å². The first-order valence-electron chi connectivity index (χ1n) is 8.57. The van der Waals surface area contributed by atoms with Crippen LogP contribution in [0.25, 0.3) is 0 Å². The number of esters is 1. The number of benzene rings is 2. The lowest BCUT2D eigenvalue weighted by Gasteiger charge is -2.31. The van der Waals surface area contributed by atoms with Crippen molar-refractivity contribution in [2.45, 2.75) is 37.6 Å². The lowest BCUT2D eigenvalue weighted by Crippen LogP contribution is -2.55. The number of alkyl halides is 3. The fourth-order valence-corrected chi connectivity index (χ4v) is 3.13. The number of rotatable bonds is 5. The van der Waals surface area contributed by atoms with Crippen molar-refractivity contribution in [1.29, 1.82) is 0 Å². The third-order valence-electron chi connectivity index (χ3n) is 4.76. The SMILES string of the molecule is CC(CC(O)(C(=O)Nc1ccc2c(c1)COC2=O)C(F)(F)F)c1ccccc1. The summed E-state index contributed by atoms with van der Waals surface area (Å²) in [6, 6.07) is 12.4. The first-order chi connectivity index (χ1) is 13.1. The van der Waals surface area contributed by atoms with Gasteiger partial charge in [0.1, 0.15) is 6.61 Å². The zero-order chi connectivity index (χ0) is 20.5. The first kappa shape index (κ1) is 19.9. The van der Waals surface area contributed by atoms with E-state index in [9.17, 15) is 27.9 Å². The molecule has 3 rings (SSSR count). The average Bonchev–Trinajstić information content (AvgIpc) is 3.01. The highest BCUT2D eigenvalue weighted by Crippen LogP contribution is 2.39. The maximum atomic E-state index is 13.6. The number of nitrogens with one attached hydrogen (secondary N) is 1. The Kier molecular flexibility index (Phi) is 5.16. The van der Waals surface area contributed by atoms with Crippen LogP contribution in [0.2, 0.25) is 0 Å². The van der Waals surface area contributed by atoms with E-state index in [4.69, 9.17) is 4.74 Å². The number of anilines is 1. The molecule has 2 unspecified atom stereocenters. The second-order valence-electron chi connectivity index (χ2n) is 6.78. The molecule has 1 amide bonds. The van der Waals surface area contributed by atoms with Gasteiger partial charge in [0.2, 0.25) is 5.60 Å². The van der Waals surface area contributed by atoms with Gasteiger partial charge in [-0.3, -0.25) is 4.79 Å². The van der Waals surface area contributed by atoms with Gasteiger partial charge in [0.05, 0.1) is 5.56 Å². The number of amides is 1. The summed E-state index contributed by atoms with van der Waals surface area (Å²) in [5.74, 6) is -2.83. The molecule has 2 atom stereocenters. The Morgan fingerprint density at radius 1 is 1.21 bits per heavy atom. The Hall–Kier alpha value is -2.87. The number of hydrogen-bond acceptors (Lipinski definition) is 4. The normalized spacial score (nSPS) is 16.7. The molecule has 28 heavy (non-hydrogen) atoms. The third-order valence-corrected chi connectivity index (χ3v) is 4.76. The van der Waals surface area contributed by atoms with Crippen molar-refractivity contribution in [2.24, 2.45) is 0 Å². The van der Waals surface area contributed by atoms with Gasteiger partial charge in [-0.15, -0.1) is 0 Å². The molecule has 0 fully saturated rings. The summed E-state index contributed by atoms with van der Waals surface area (Å²) >= 11 is 0. The molecule has 8 heteroatoms. The van der Waals surface area contributed by atoms with Crippen molar-refractivity contribution < 1.29 is 32.6 Å². The quantitative estimate of drug-likeness (QED) is 0.758. The highest BCUT2D eigenvalue weighted by Gasteiger charge is 2.59. The summed E-state index contributed by atoms with van der Waals surface area (Å²) in [7, 11) is 0. The predicted octanol–water partition coefficient (Wildman–Crippen LogP) is 3.78. The largest absolute Gasteiger partial charge is 0.457 e. The van der Waals surface area contributed by atoms with E-state index in [-0.39, 0.29) is 12.3 Å². The Labute approximate surface area is 159 Å². The number of fused-ring (bicyclic) bond motifs is 1. The van der Waals surface area contributed by atoms with Gasteiger partial charge in [-0.2, -0.15) is 13.2 Å². The van der Waals surface area contributed by atoms with E-state index in [0.29, 0.717) is 16.7 Å². The number of cyclic esters (lactones) is 1. The molecule has 0 spiro atoms. The second kappa shape index (κ2) is 7.27. The molecule has 0 bridgehead atoms. The van der Waals surface area contributed by atoms with Crippen LogP contribution in [0.4, 0.5) is 18.9 Å². The van der Waals surface area contributed by atoms with Gasteiger partial charge in [-0.1, -0.05) is 37.3 Å². The van der Waals surface area contributed by atoms with Crippen LogP contribution < -0.4 is 5.32 Å². The molecule has 0 saturated heterocycles. The van der Waals surface area contributed by atoms with Crippen molar-refractivity contribution in [2.75, 3.05) is 5.32 Å². The van der Waals surface area contributed by atoms with Gasteiger partial charge in [0.25, 0.3) is 5.91 Å². The topological polar surface area (TPSA) is 75.6 Å². The summed E-state index contributed by atoms with van der Waals surface area (Å²) in [4.78, 5) is 23.9. The number of halogens is 3. The fourth-order valence-electron chi connectivity index (χ4n) is 3.13. The van der Waals surface area contributed by atoms with Crippen LogP contribution in [-0.4, -0.2) is 28.8 Å². The Bertz CT molecular complexity index is 898. The van der Waals surface area contributed by atoms with E-state index >= 15 is 0 Å². The number of carbonyl (C=O) groups is 2. The molecule has 1 aliphatic rings. The number of hydrogen-bond donors (Lipinski definition) is 2. The average molecular weight is 393 g/mol.